The summed E-state index contributed by atoms with van der Waals surface area (Å²) in [5, 5.41) is 1.01. The Bertz CT molecular complexity index is 2570. The van der Waals surface area contributed by atoms with Crippen molar-refractivity contribution in [1.29, 1.82) is 0 Å². The lowest BCUT2D eigenvalue weighted by Gasteiger charge is -2.22. The molecule has 2 aliphatic rings. The molecule has 2 saturated heterocycles. The molecule has 2 aromatic carbocycles. The van der Waals surface area contributed by atoms with Gasteiger partial charge in [0, 0.05) is 50.3 Å². The van der Waals surface area contributed by atoms with Crippen molar-refractivity contribution >= 4 is 38.3 Å². The third-order valence-corrected chi connectivity index (χ3v) is 11.3. The summed E-state index contributed by atoms with van der Waals surface area (Å²) in [7, 11) is 0. The van der Waals surface area contributed by atoms with Gasteiger partial charge in [0.1, 0.15) is 0 Å². The molecule has 2 atom stereocenters. The van der Waals surface area contributed by atoms with E-state index in [-0.39, 0.29) is 35.9 Å². The summed E-state index contributed by atoms with van der Waals surface area (Å²) in [6.07, 6.45) is 11.4. The normalized spacial score (nSPS) is 16.6. The summed E-state index contributed by atoms with van der Waals surface area (Å²) >= 11 is 3.35. The van der Waals surface area contributed by atoms with Crippen LogP contribution in [0.4, 0.5) is 0 Å². The van der Waals surface area contributed by atoms with Gasteiger partial charge in [0.25, 0.3) is 11.1 Å². The summed E-state index contributed by atoms with van der Waals surface area (Å²) in [5.41, 5.74) is 2.41. The molecule has 0 amide bonds. The SMILES string of the molecule is BrCCCOC1CCCCO1.CC(C)n1c(=O)[nH]c(=O)c2c1ncn2Cc1ccccc1.CC(C)n1c(=O)n(CCCOC2CCCCO2)c(=O)c2c1ncn2Cc1ccccc1. The zero-order chi connectivity index (χ0) is 44.7. The van der Waals surface area contributed by atoms with Crippen molar-refractivity contribution in [3.63, 3.8) is 0 Å². The predicted molar refractivity (Wildman–Crippen MR) is 247 cm³/mol. The molecule has 4 aromatic heterocycles. The topological polar surface area (TPSA) is 171 Å². The smallest absolute Gasteiger partial charge is 0.332 e. The summed E-state index contributed by atoms with van der Waals surface area (Å²) in [5.74, 6) is 0. The van der Waals surface area contributed by atoms with E-state index in [4.69, 9.17) is 18.9 Å². The van der Waals surface area contributed by atoms with Gasteiger partial charge in [-0.1, -0.05) is 76.6 Å². The highest BCUT2D eigenvalue weighted by molar-refractivity contribution is 9.09. The fourth-order valence-electron chi connectivity index (χ4n) is 7.63. The number of alkyl halides is 1. The summed E-state index contributed by atoms with van der Waals surface area (Å²) < 4.78 is 30.2. The van der Waals surface area contributed by atoms with Crippen LogP contribution in [0.5, 0.6) is 0 Å². The highest BCUT2D eigenvalue weighted by Gasteiger charge is 2.21. The van der Waals surface area contributed by atoms with Gasteiger partial charge < -0.3 is 28.1 Å². The molecule has 8 rings (SSSR count). The molecule has 6 aromatic rings. The number of nitrogens with one attached hydrogen (secondary N) is 1. The van der Waals surface area contributed by atoms with Crippen LogP contribution in [0.15, 0.2) is 92.5 Å². The molecule has 2 aliphatic heterocycles. The Morgan fingerprint density at radius 2 is 1.21 bits per heavy atom. The number of benzene rings is 2. The van der Waals surface area contributed by atoms with Crippen molar-refractivity contribution in [3.05, 3.63) is 126 Å². The van der Waals surface area contributed by atoms with Gasteiger partial charge in [0.2, 0.25) is 0 Å². The monoisotopic (exact) mass is 932 g/mol. The molecule has 2 unspecified atom stereocenters. The van der Waals surface area contributed by atoms with E-state index in [0.717, 1.165) is 68.4 Å². The van der Waals surface area contributed by atoms with Gasteiger partial charge in [-0.2, -0.15) is 0 Å². The molecular weight excluding hydrogens is 872 g/mol. The van der Waals surface area contributed by atoms with E-state index in [1.54, 1.807) is 21.8 Å². The van der Waals surface area contributed by atoms with E-state index in [9.17, 15) is 19.2 Å². The first-order valence-electron chi connectivity index (χ1n) is 22.1. The number of aromatic nitrogens is 8. The molecule has 0 radical (unpaired) electrons. The maximum Gasteiger partial charge on any atom is 0.332 e. The minimum Gasteiger partial charge on any atom is -0.353 e. The molecule has 16 nitrogen and oxygen atoms in total. The van der Waals surface area contributed by atoms with E-state index < -0.39 is 11.2 Å². The van der Waals surface area contributed by atoms with Gasteiger partial charge in [-0.05, 0) is 90.2 Å². The van der Waals surface area contributed by atoms with Crippen LogP contribution in [-0.2, 0) is 38.6 Å². The zero-order valence-corrected chi connectivity index (χ0v) is 38.4. The van der Waals surface area contributed by atoms with Crippen LogP contribution < -0.4 is 22.5 Å². The number of hydrogen-bond acceptors (Lipinski definition) is 10. The van der Waals surface area contributed by atoms with Crippen molar-refractivity contribution in [2.75, 3.05) is 31.8 Å². The van der Waals surface area contributed by atoms with Crippen LogP contribution in [0.1, 0.15) is 102 Å². The van der Waals surface area contributed by atoms with E-state index in [1.807, 2.05) is 92.9 Å². The quantitative estimate of drug-likeness (QED) is 0.0858. The van der Waals surface area contributed by atoms with Crippen molar-refractivity contribution in [1.82, 2.24) is 37.8 Å². The number of rotatable bonds is 15. The molecule has 2 fully saturated rings. The molecular formula is C46H61BrN8O8. The van der Waals surface area contributed by atoms with Crippen LogP contribution in [0.25, 0.3) is 22.3 Å². The standard InChI is InChI=1S/C23H30N4O4.C15H16N4O2.C8H15BrO2/c1-17(2)27-21-20(25(16-24-21)15-18-9-4-3-5-10-18)22(28)26(23(27)29)12-8-14-31-19-11-6-7-13-30-19;1-10(2)19-13-12(14(20)17-15(19)21)18(9-16-13)8-11-6-4-3-5-7-11;9-5-3-7-11-8-4-1-2-6-10-8/h3-5,9-10,16-17,19H,6-8,11-15H2,1-2H3;3-7,9-10H,8H2,1-2H3,(H,17,20,21);8H,1-7H2. The number of aromatic amines is 1. The molecule has 63 heavy (non-hydrogen) atoms. The average molecular weight is 934 g/mol. The van der Waals surface area contributed by atoms with Gasteiger partial charge in [0.05, 0.1) is 25.9 Å². The first-order chi connectivity index (χ1) is 30.6. The van der Waals surface area contributed by atoms with Gasteiger partial charge in [-0.25, -0.2) is 19.6 Å². The van der Waals surface area contributed by atoms with Crippen molar-refractivity contribution < 1.29 is 18.9 Å². The first-order valence-corrected chi connectivity index (χ1v) is 23.2. The second-order valence-electron chi connectivity index (χ2n) is 16.2. The first kappa shape index (κ1) is 47.5. The third-order valence-electron chi connectivity index (χ3n) is 10.7. The van der Waals surface area contributed by atoms with Crippen LogP contribution in [0.2, 0.25) is 0 Å². The Morgan fingerprint density at radius 1 is 0.698 bits per heavy atom. The lowest BCUT2D eigenvalue weighted by molar-refractivity contribution is -0.163. The molecule has 6 heterocycles. The Labute approximate surface area is 374 Å². The number of hydrogen-bond donors (Lipinski definition) is 1. The van der Waals surface area contributed by atoms with E-state index in [0.29, 0.717) is 55.0 Å². The average Bonchev–Trinajstić information content (AvgIpc) is 3.89. The number of imidazole rings is 2. The lowest BCUT2D eigenvalue weighted by atomic mass is 10.2. The molecule has 0 bridgehead atoms. The Morgan fingerprint density at radius 3 is 1.70 bits per heavy atom. The summed E-state index contributed by atoms with van der Waals surface area (Å²) in [4.78, 5) is 61.5. The zero-order valence-electron chi connectivity index (χ0n) is 36.8. The van der Waals surface area contributed by atoms with Crippen LogP contribution >= 0.6 is 15.9 Å². The van der Waals surface area contributed by atoms with E-state index in [1.165, 1.54) is 22.0 Å². The second-order valence-corrected chi connectivity index (χ2v) is 17.0. The number of fused-ring (bicyclic) bond motifs is 2. The maximum atomic E-state index is 13.3. The molecule has 0 aliphatic carbocycles. The Hall–Kier alpha value is -4.94. The fourth-order valence-corrected chi connectivity index (χ4v) is 7.86. The maximum absolute atomic E-state index is 13.3. The van der Waals surface area contributed by atoms with Crippen molar-refractivity contribution in [2.24, 2.45) is 0 Å². The number of halogens is 1. The molecule has 1 N–H and O–H groups in total. The van der Waals surface area contributed by atoms with E-state index in [2.05, 4.69) is 30.9 Å². The van der Waals surface area contributed by atoms with Crippen LogP contribution in [0, 0.1) is 0 Å². The molecule has 0 saturated carbocycles. The number of nitrogens with zero attached hydrogens (tertiary/aromatic N) is 7. The largest absolute Gasteiger partial charge is 0.353 e. The fraction of sp³-hybridized carbons (Fsp3) is 0.522. The summed E-state index contributed by atoms with van der Waals surface area (Å²) in [6.45, 7) is 11.8. The number of H-pyrrole nitrogens is 1. The molecule has 0 spiro atoms. The van der Waals surface area contributed by atoms with Crippen molar-refractivity contribution in [2.45, 2.75) is 123 Å². The Balaban J connectivity index is 0.000000177. The molecule has 17 heteroatoms. The van der Waals surface area contributed by atoms with Gasteiger partial charge in [0.15, 0.2) is 34.9 Å². The predicted octanol–water partition coefficient (Wildman–Crippen LogP) is 6.75. The second kappa shape index (κ2) is 23.7. The van der Waals surface area contributed by atoms with Crippen LogP contribution in [-0.4, -0.2) is 82.1 Å². The van der Waals surface area contributed by atoms with E-state index >= 15 is 0 Å². The summed E-state index contributed by atoms with van der Waals surface area (Å²) in [6, 6.07) is 19.5. The van der Waals surface area contributed by atoms with Gasteiger partial charge in [-0.15, -0.1) is 0 Å². The third kappa shape index (κ3) is 12.6. The highest BCUT2D eigenvalue weighted by Crippen LogP contribution is 2.17. The molecule has 340 valence electrons. The van der Waals surface area contributed by atoms with Gasteiger partial charge in [-0.3, -0.25) is 28.3 Å². The van der Waals surface area contributed by atoms with Crippen molar-refractivity contribution in [3.8, 4) is 0 Å². The number of ether oxygens (including phenoxy) is 4. The minimum atomic E-state index is -0.424. The van der Waals surface area contributed by atoms with Gasteiger partial charge >= 0.3 is 11.4 Å². The minimum absolute atomic E-state index is 0.0723. The highest BCUT2D eigenvalue weighted by atomic mass is 79.9. The lowest BCUT2D eigenvalue weighted by Crippen LogP contribution is -2.41. The Kier molecular flexibility index (Phi) is 17.9. The van der Waals surface area contributed by atoms with Crippen LogP contribution in [0.3, 0.4) is 0 Å².